The van der Waals surface area contributed by atoms with Gasteiger partial charge in [-0.1, -0.05) is 0 Å². The fraction of sp³-hybridized carbons (Fsp3) is 0.600. The minimum absolute atomic E-state index is 0.421. The number of alkyl carbamates (subject to hydrolysis) is 1. The Morgan fingerprint density at radius 1 is 1.80 bits per heavy atom. The standard InChI is InChI=1S/C5H10N2O3/c1-5(6,3-8)7-4(9)10-2/h3H,6H2,1-2H3,(H,7,9)/t5-/m0/s1. The summed E-state index contributed by atoms with van der Waals surface area (Å²) in [6, 6.07) is 0. The molecule has 0 aliphatic heterocycles. The van der Waals surface area contributed by atoms with Crippen LogP contribution >= 0.6 is 0 Å². The zero-order valence-electron chi connectivity index (χ0n) is 5.88. The van der Waals surface area contributed by atoms with E-state index < -0.39 is 11.8 Å². The first-order chi connectivity index (χ1) is 4.52. The van der Waals surface area contributed by atoms with Crippen LogP contribution in [0.2, 0.25) is 0 Å². The Kier molecular flexibility index (Phi) is 2.82. The maximum atomic E-state index is 10.4. The lowest BCUT2D eigenvalue weighted by Crippen LogP contribution is -2.54. The number of hydrogen-bond acceptors (Lipinski definition) is 4. The normalized spacial score (nSPS) is 15.1. The van der Waals surface area contributed by atoms with Gasteiger partial charge in [-0.25, -0.2) is 4.79 Å². The highest BCUT2D eigenvalue weighted by molar-refractivity contribution is 5.75. The van der Waals surface area contributed by atoms with Crippen LogP contribution in [-0.2, 0) is 9.53 Å². The molecule has 0 aromatic rings. The smallest absolute Gasteiger partial charge is 0.408 e. The van der Waals surface area contributed by atoms with E-state index >= 15 is 0 Å². The van der Waals surface area contributed by atoms with Gasteiger partial charge in [-0.2, -0.15) is 0 Å². The largest absolute Gasteiger partial charge is 0.453 e. The van der Waals surface area contributed by atoms with Gasteiger partial charge in [-0.3, -0.25) is 10.1 Å². The van der Waals surface area contributed by atoms with Crippen molar-refractivity contribution in [1.82, 2.24) is 5.32 Å². The van der Waals surface area contributed by atoms with E-state index in [1.165, 1.54) is 14.0 Å². The summed E-state index contributed by atoms with van der Waals surface area (Å²) >= 11 is 0. The number of carbonyl (C=O) groups is 2. The van der Waals surface area contributed by atoms with Crippen molar-refractivity contribution in [3.05, 3.63) is 0 Å². The summed E-state index contributed by atoms with van der Waals surface area (Å²) in [4.78, 5) is 20.5. The van der Waals surface area contributed by atoms with E-state index in [9.17, 15) is 9.59 Å². The topological polar surface area (TPSA) is 81.4 Å². The van der Waals surface area contributed by atoms with Crippen LogP contribution in [0.3, 0.4) is 0 Å². The second-order valence-electron chi connectivity index (χ2n) is 2.02. The van der Waals surface area contributed by atoms with Gasteiger partial charge in [-0.15, -0.1) is 0 Å². The van der Waals surface area contributed by atoms with E-state index in [1.807, 2.05) is 0 Å². The third-order valence-electron chi connectivity index (χ3n) is 0.802. The second-order valence-corrected chi connectivity index (χ2v) is 2.02. The number of hydrogen-bond donors (Lipinski definition) is 2. The van der Waals surface area contributed by atoms with Gasteiger partial charge in [0.05, 0.1) is 7.11 Å². The molecule has 0 aromatic heterocycles. The molecule has 0 saturated carbocycles. The molecule has 0 fully saturated rings. The number of nitrogens with two attached hydrogens (primary N) is 1. The maximum Gasteiger partial charge on any atom is 0.408 e. The number of nitrogens with one attached hydrogen (secondary N) is 1. The molecule has 0 aliphatic rings. The average Bonchev–Trinajstić information content (AvgIpc) is 1.87. The molecule has 5 nitrogen and oxygen atoms in total. The summed E-state index contributed by atoms with van der Waals surface area (Å²) in [6.07, 6.45) is -0.304. The summed E-state index contributed by atoms with van der Waals surface area (Å²) in [5, 5.41) is 2.10. The Balaban J connectivity index is 3.88. The molecule has 10 heavy (non-hydrogen) atoms. The lowest BCUT2D eigenvalue weighted by atomic mass is 10.3. The van der Waals surface area contributed by atoms with Gasteiger partial charge >= 0.3 is 6.09 Å². The van der Waals surface area contributed by atoms with Gasteiger partial charge in [0.1, 0.15) is 5.66 Å². The van der Waals surface area contributed by atoms with Crippen LogP contribution in [0, 0.1) is 0 Å². The van der Waals surface area contributed by atoms with Crippen LogP contribution in [0.1, 0.15) is 6.92 Å². The Bertz CT molecular complexity index is 144. The van der Waals surface area contributed by atoms with Crippen molar-refractivity contribution < 1.29 is 14.3 Å². The molecule has 0 aliphatic carbocycles. The summed E-state index contributed by atoms with van der Waals surface area (Å²) in [5.74, 6) is 0. The summed E-state index contributed by atoms with van der Waals surface area (Å²) in [7, 11) is 1.19. The van der Waals surface area contributed by atoms with Gasteiger partial charge < -0.3 is 10.5 Å². The molecule has 0 heterocycles. The maximum absolute atomic E-state index is 10.4. The van der Waals surface area contributed by atoms with E-state index in [1.54, 1.807) is 0 Å². The molecule has 1 amide bonds. The number of aldehydes is 1. The predicted molar refractivity (Wildman–Crippen MR) is 34.2 cm³/mol. The molecule has 3 N–H and O–H groups in total. The van der Waals surface area contributed by atoms with Gasteiger partial charge in [0, 0.05) is 0 Å². The van der Waals surface area contributed by atoms with Crippen molar-refractivity contribution in [2.75, 3.05) is 7.11 Å². The first kappa shape index (κ1) is 8.90. The first-order valence-corrected chi connectivity index (χ1v) is 2.63. The zero-order chi connectivity index (χ0) is 8.20. The third kappa shape index (κ3) is 3.03. The highest BCUT2D eigenvalue weighted by Crippen LogP contribution is 1.87. The SMILES string of the molecule is COC(=O)N[C@](C)(N)C=O. The number of amides is 1. The van der Waals surface area contributed by atoms with Crippen molar-refractivity contribution >= 4 is 12.4 Å². The third-order valence-corrected chi connectivity index (χ3v) is 0.802. The lowest BCUT2D eigenvalue weighted by molar-refractivity contribution is -0.112. The van der Waals surface area contributed by atoms with Gasteiger partial charge in [0.25, 0.3) is 0 Å². The summed E-state index contributed by atoms with van der Waals surface area (Å²) in [5.41, 5.74) is 3.87. The molecule has 1 atom stereocenters. The highest BCUT2D eigenvalue weighted by atomic mass is 16.5. The second kappa shape index (κ2) is 3.17. The Labute approximate surface area is 58.5 Å². The minimum Gasteiger partial charge on any atom is -0.453 e. The van der Waals surface area contributed by atoms with E-state index in [2.05, 4.69) is 10.1 Å². The highest BCUT2D eigenvalue weighted by Gasteiger charge is 2.19. The number of carbonyl (C=O) groups excluding carboxylic acids is 2. The summed E-state index contributed by atoms with van der Waals surface area (Å²) in [6.45, 7) is 1.36. The van der Waals surface area contributed by atoms with Crippen molar-refractivity contribution in [1.29, 1.82) is 0 Å². The molecule has 0 radical (unpaired) electrons. The quantitative estimate of drug-likeness (QED) is 0.395. The van der Waals surface area contributed by atoms with Gasteiger partial charge in [0.2, 0.25) is 0 Å². The Morgan fingerprint density at radius 3 is 2.60 bits per heavy atom. The Morgan fingerprint density at radius 2 is 2.30 bits per heavy atom. The number of ether oxygens (including phenoxy) is 1. The van der Waals surface area contributed by atoms with Crippen molar-refractivity contribution in [3.63, 3.8) is 0 Å². The molecule has 0 spiro atoms. The molecule has 58 valence electrons. The number of methoxy groups -OCH3 is 1. The molecule has 0 saturated heterocycles. The van der Waals surface area contributed by atoms with E-state index in [4.69, 9.17) is 5.73 Å². The van der Waals surface area contributed by atoms with Crippen LogP contribution in [0.4, 0.5) is 4.79 Å². The molecule has 0 rings (SSSR count). The molecule has 0 aromatic carbocycles. The zero-order valence-corrected chi connectivity index (χ0v) is 5.88. The fourth-order valence-corrected chi connectivity index (χ4v) is 0.300. The molecule has 5 heteroatoms. The van der Waals surface area contributed by atoms with E-state index in [0.29, 0.717) is 6.29 Å². The lowest BCUT2D eigenvalue weighted by Gasteiger charge is -2.16. The van der Waals surface area contributed by atoms with Crippen molar-refractivity contribution in [2.45, 2.75) is 12.6 Å². The average molecular weight is 146 g/mol. The van der Waals surface area contributed by atoms with Gasteiger partial charge in [-0.05, 0) is 6.92 Å². The van der Waals surface area contributed by atoms with Crippen LogP contribution in [0.15, 0.2) is 0 Å². The minimum atomic E-state index is -1.34. The molecular weight excluding hydrogens is 136 g/mol. The number of rotatable bonds is 2. The van der Waals surface area contributed by atoms with Crippen LogP contribution in [0.5, 0.6) is 0 Å². The predicted octanol–water partition coefficient (Wildman–Crippen LogP) is -0.784. The van der Waals surface area contributed by atoms with E-state index in [-0.39, 0.29) is 0 Å². The van der Waals surface area contributed by atoms with Crippen molar-refractivity contribution in [3.8, 4) is 0 Å². The fourth-order valence-electron chi connectivity index (χ4n) is 0.300. The Hall–Kier alpha value is -1.10. The molecular formula is C5H10N2O3. The van der Waals surface area contributed by atoms with Crippen molar-refractivity contribution in [2.24, 2.45) is 5.73 Å². The first-order valence-electron chi connectivity index (χ1n) is 2.63. The van der Waals surface area contributed by atoms with Gasteiger partial charge in [0.15, 0.2) is 6.29 Å². The van der Waals surface area contributed by atoms with Crippen LogP contribution in [0.25, 0.3) is 0 Å². The van der Waals surface area contributed by atoms with Crippen LogP contribution in [-0.4, -0.2) is 25.2 Å². The molecule has 0 bridgehead atoms. The summed E-state index contributed by atoms with van der Waals surface area (Å²) < 4.78 is 4.20. The van der Waals surface area contributed by atoms with Crippen LogP contribution < -0.4 is 11.1 Å². The van der Waals surface area contributed by atoms with E-state index in [0.717, 1.165) is 0 Å². The monoisotopic (exact) mass is 146 g/mol. The molecule has 0 unspecified atom stereocenters.